The van der Waals surface area contributed by atoms with E-state index in [0.717, 1.165) is 0 Å². The van der Waals surface area contributed by atoms with Gasteiger partial charge in [-0.2, -0.15) is 12.6 Å². The van der Waals surface area contributed by atoms with Crippen molar-refractivity contribution in [3.8, 4) is 0 Å². The summed E-state index contributed by atoms with van der Waals surface area (Å²) in [6.07, 6.45) is 0.838. The summed E-state index contributed by atoms with van der Waals surface area (Å²) in [6.45, 7) is 0.260. The fourth-order valence-corrected chi connectivity index (χ4v) is 1.81. The standard InChI is InChI=1S/C12H23N3O6S/c13-4-2-1-3-10(16)15-9(5-11(17)18)12(19)14-8(7-22)6-21-20/h8-9,20,22H,1-7,13H2,(H,14,19)(H,15,16)(H,17,18). The number of rotatable bonds is 12. The Bertz CT molecular complexity index is 369. The fraction of sp³-hybridized carbons (Fsp3) is 0.750. The second-order valence-corrected chi connectivity index (χ2v) is 5.01. The van der Waals surface area contributed by atoms with Gasteiger partial charge in [0.15, 0.2) is 0 Å². The molecule has 0 aromatic rings. The molecular weight excluding hydrogens is 314 g/mol. The first-order valence-corrected chi connectivity index (χ1v) is 7.46. The van der Waals surface area contributed by atoms with E-state index in [1.54, 1.807) is 0 Å². The number of hydrogen-bond donors (Lipinski definition) is 6. The minimum absolute atomic E-state index is 0.163. The molecule has 9 nitrogen and oxygen atoms in total. The summed E-state index contributed by atoms with van der Waals surface area (Å²) in [5.41, 5.74) is 5.32. The summed E-state index contributed by atoms with van der Waals surface area (Å²) < 4.78 is 0. The summed E-state index contributed by atoms with van der Waals surface area (Å²) in [4.78, 5) is 38.4. The number of carboxylic acid groups (broad SMARTS) is 1. The predicted octanol–water partition coefficient (Wildman–Crippen LogP) is -1.02. The molecule has 0 saturated carbocycles. The maximum atomic E-state index is 12.0. The van der Waals surface area contributed by atoms with E-state index in [1.807, 2.05) is 0 Å². The van der Waals surface area contributed by atoms with E-state index in [1.165, 1.54) is 0 Å². The molecule has 0 aromatic heterocycles. The topological polar surface area (TPSA) is 151 Å². The third-order valence-electron chi connectivity index (χ3n) is 2.73. The summed E-state index contributed by atoms with van der Waals surface area (Å²) in [7, 11) is 0. The molecule has 2 unspecified atom stereocenters. The Hall–Kier alpha value is -1.36. The smallest absolute Gasteiger partial charge is 0.305 e. The Morgan fingerprint density at radius 1 is 1.23 bits per heavy atom. The van der Waals surface area contributed by atoms with Crippen molar-refractivity contribution in [3.63, 3.8) is 0 Å². The minimum Gasteiger partial charge on any atom is -0.481 e. The highest BCUT2D eigenvalue weighted by atomic mass is 32.1. The van der Waals surface area contributed by atoms with Crippen LogP contribution in [0.25, 0.3) is 0 Å². The number of carbonyl (C=O) groups excluding carboxylic acids is 2. The van der Waals surface area contributed by atoms with Crippen LogP contribution in [0, 0.1) is 0 Å². The molecule has 0 rings (SSSR count). The van der Waals surface area contributed by atoms with Crippen LogP contribution in [0.3, 0.4) is 0 Å². The van der Waals surface area contributed by atoms with Crippen LogP contribution in [0.15, 0.2) is 0 Å². The Morgan fingerprint density at radius 3 is 2.41 bits per heavy atom. The van der Waals surface area contributed by atoms with Gasteiger partial charge in [0.2, 0.25) is 11.8 Å². The lowest BCUT2D eigenvalue weighted by molar-refractivity contribution is -0.245. The first-order chi connectivity index (χ1) is 10.4. The van der Waals surface area contributed by atoms with Crippen LogP contribution in [0.2, 0.25) is 0 Å². The van der Waals surface area contributed by atoms with Gasteiger partial charge < -0.3 is 21.5 Å². The summed E-state index contributed by atoms with van der Waals surface area (Å²) in [5, 5.41) is 22.0. The van der Waals surface area contributed by atoms with Crippen molar-refractivity contribution < 1.29 is 29.6 Å². The molecule has 128 valence electrons. The largest absolute Gasteiger partial charge is 0.481 e. The number of nitrogens with one attached hydrogen (secondary N) is 2. The summed E-state index contributed by atoms with van der Waals surface area (Å²) >= 11 is 3.97. The van der Waals surface area contributed by atoms with Gasteiger partial charge in [-0.25, -0.2) is 4.89 Å². The van der Waals surface area contributed by atoms with E-state index in [-0.39, 0.29) is 18.8 Å². The average Bonchev–Trinajstić information content (AvgIpc) is 2.45. The van der Waals surface area contributed by atoms with Gasteiger partial charge in [0, 0.05) is 12.2 Å². The van der Waals surface area contributed by atoms with Gasteiger partial charge in [-0.15, -0.1) is 0 Å². The number of thiol groups is 1. The SMILES string of the molecule is NCCCCC(=O)NC(CC(=O)O)C(=O)NC(CS)COO. The third-order valence-corrected chi connectivity index (χ3v) is 3.17. The molecular formula is C12H23N3O6S. The van der Waals surface area contributed by atoms with Crippen LogP contribution in [-0.4, -0.2) is 59.1 Å². The molecule has 0 radical (unpaired) electrons. The second-order valence-electron chi connectivity index (χ2n) is 4.65. The molecule has 0 aliphatic heterocycles. The zero-order valence-corrected chi connectivity index (χ0v) is 13.1. The number of amides is 2. The fourth-order valence-electron chi connectivity index (χ4n) is 1.61. The quantitative estimate of drug-likeness (QED) is 0.115. The Kier molecular flexibility index (Phi) is 11.5. The molecule has 0 fully saturated rings. The van der Waals surface area contributed by atoms with E-state index < -0.39 is 36.3 Å². The number of nitrogens with two attached hydrogens (primary N) is 1. The Labute approximate surface area is 133 Å². The zero-order valence-electron chi connectivity index (χ0n) is 12.2. The van der Waals surface area contributed by atoms with E-state index in [9.17, 15) is 14.4 Å². The molecule has 2 amide bonds. The first-order valence-electron chi connectivity index (χ1n) is 6.83. The lowest BCUT2D eigenvalue weighted by atomic mass is 10.1. The molecule has 10 heteroatoms. The number of carboxylic acids is 1. The van der Waals surface area contributed by atoms with Crippen molar-refractivity contribution >= 4 is 30.4 Å². The van der Waals surface area contributed by atoms with Crippen LogP contribution in [0.4, 0.5) is 0 Å². The normalized spacial score (nSPS) is 13.2. The number of unbranched alkanes of at least 4 members (excludes halogenated alkanes) is 1. The van der Waals surface area contributed by atoms with Gasteiger partial charge in [-0.3, -0.25) is 19.6 Å². The number of aliphatic carboxylic acids is 1. The summed E-state index contributed by atoms with van der Waals surface area (Å²) in [6, 6.07) is -1.81. The molecule has 2 atom stereocenters. The van der Waals surface area contributed by atoms with Crippen LogP contribution in [-0.2, 0) is 19.3 Å². The van der Waals surface area contributed by atoms with Crippen molar-refractivity contribution in [2.75, 3.05) is 18.9 Å². The number of hydrogen-bond acceptors (Lipinski definition) is 7. The predicted molar refractivity (Wildman–Crippen MR) is 81.5 cm³/mol. The maximum absolute atomic E-state index is 12.0. The van der Waals surface area contributed by atoms with Crippen molar-refractivity contribution in [2.45, 2.75) is 37.8 Å². The third kappa shape index (κ3) is 9.55. The monoisotopic (exact) mass is 337 g/mol. The van der Waals surface area contributed by atoms with Gasteiger partial charge >= 0.3 is 5.97 Å². The average molecular weight is 337 g/mol. The van der Waals surface area contributed by atoms with Crippen molar-refractivity contribution in [3.05, 3.63) is 0 Å². The molecule has 0 saturated heterocycles. The van der Waals surface area contributed by atoms with Crippen LogP contribution in [0.5, 0.6) is 0 Å². The van der Waals surface area contributed by atoms with Crippen LogP contribution < -0.4 is 16.4 Å². The van der Waals surface area contributed by atoms with Gasteiger partial charge in [-0.1, -0.05) is 0 Å². The molecule has 0 spiro atoms. The summed E-state index contributed by atoms with van der Waals surface area (Å²) in [5.74, 6) is -2.14. The minimum atomic E-state index is -1.22. The van der Waals surface area contributed by atoms with E-state index in [0.29, 0.717) is 19.4 Å². The second kappa shape index (κ2) is 12.2. The lowest BCUT2D eigenvalue weighted by Crippen LogP contribution is -2.51. The van der Waals surface area contributed by atoms with Crippen molar-refractivity contribution in [1.29, 1.82) is 0 Å². The van der Waals surface area contributed by atoms with Crippen LogP contribution >= 0.6 is 12.6 Å². The highest BCUT2D eigenvalue weighted by Gasteiger charge is 2.25. The first kappa shape index (κ1) is 20.6. The molecule has 22 heavy (non-hydrogen) atoms. The molecule has 0 aromatic carbocycles. The van der Waals surface area contributed by atoms with E-state index in [4.69, 9.17) is 16.1 Å². The molecule has 0 bridgehead atoms. The van der Waals surface area contributed by atoms with Gasteiger partial charge in [0.1, 0.15) is 12.6 Å². The van der Waals surface area contributed by atoms with Gasteiger partial charge in [0.05, 0.1) is 12.5 Å². The van der Waals surface area contributed by atoms with Crippen molar-refractivity contribution in [2.24, 2.45) is 5.73 Å². The molecule has 6 N–H and O–H groups in total. The zero-order chi connectivity index (χ0) is 17.0. The van der Waals surface area contributed by atoms with Crippen molar-refractivity contribution in [1.82, 2.24) is 10.6 Å². The molecule has 0 aliphatic carbocycles. The molecule has 0 aliphatic rings. The lowest BCUT2D eigenvalue weighted by Gasteiger charge is -2.20. The maximum Gasteiger partial charge on any atom is 0.305 e. The highest BCUT2D eigenvalue weighted by molar-refractivity contribution is 7.80. The van der Waals surface area contributed by atoms with E-state index >= 15 is 0 Å². The van der Waals surface area contributed by atoms with Gasteiger partial charge in [0.25, 0.3) is 0 Å². The highest BCUT2D eigenvalue weighted by Crippen LogP contribution is 2.00. The van der Waals surface area contributed by atoms with Crippen LogP contribution in [0.1, 0.15) is 25.7 Å². The Morgan fingerprint density at radius 2 is 1.91 bits per heavy atom. The Balaban J connectivity index is 4.57. The van der Waals surface area contributed by atoms with E-state index in [2.05, 4.69) is 28.1 Å². The number of carbonyl (C=O) groups is 3. The van der Waals surface area contributed by atoms with Gasteiger partial charge in [-0.05, 0) is 19.4 Å². The molecule has 0 heterocycles.